The first kappa shape index (κ1) is 11.9. The third kappa shape index (κ3) is 2.10. The number of aromatic nitrogens is 4. The Morgan fingerprint density at radius 3 is 3.11 bits per heavy atom. The van der Waals surface area contributed by atoms with Crippen LogP contribution >= 0.6 is 27.5 Å². The Kier molecular flexibility index (Phi) is 3.22. The van der Waals surface area contributed by atoms with Gasteiger partial charge in [-0.15, -0.1) is 21.8 Å². The average molecular weight is 329 g/mol. The highest BCUT2D eigenvalue weighted by Gasteiger charge is 2.20. The van der Waals surface area contributed by atoms with Crippen LogP contribution in [0.4, 0.5) is 5.82 Å². The summed E-state index contributed by atoms with van der Waals surface area (Å²) in [7, 11) is 0. The molecule has 0 amide bonds. The molecule has 0 aromatic carbocycles. The molecule has 2 aromatic rings. The number of alkyl halides is 1. The Bertz CT molecular complexity index is 570. The summed E-state index contributed by atoms with van der Waals surface area (Å²) in [5.41, 5.74) is 1.03. The zero-order chi connectivity index (χ0) is 12.5. The topological polar surface area (TPSA) is 46.8 Å². The van der Waals surface area contributed by atoms with E-state index in [1.54, 1.807) is 12.5 Å². The molecule has 0 N–H and O–H groups in total. The predicted molar refractivity (Wildman–Crippen MR) is 72.6 cm³/mol. The summed E-state index contributed by atoms with van der Waals surface area (Å²) in [4.78, 5) is 6.66. The summed E-state index contributed by atoms with van der Waals surface area (Å²) in [6, 6.07) is 2.01. The lowest BCUT2D eigenvalue weighted by atomic mass is 10.2. The number of pyridine rings is 1. The molecule has 0 aliphatic carbocycles. The van der Waals surface area contributed by atoms with Crippen molar-refractivity contribution in [1.82, 2.24) is 19.7 Å². The van der Waals surface area contributed by atoms with E-state index in [0.717, 1.165) is 41.3 Å². The van der Waals surface area contributed by atoms with Gasteiger partial charge >= 0.3 is 0 Å². The molecule has 18 heavy (non-hydrogen) atoms. The third-order valence-corrected chi connectivity index (χ3v) is 3.71. The van der Waals surface area contributed by atoms with Crippen LogP contribution in [-0.4, -0.2) is 26.3 Å². The second kappa shape index (κ2) is 4.85. The van der Waals surface area contributed by atoms with E-state index in [1.165, 1.54) is 0 Å². The van der Waals surface area contributed by atoms with Crippen LogP contribution in [0.3, 0.4) is 0 Å². The van der Waals surface area contributed by atoms with Crippen molar-refractivity contribution in [3.8, 4) is 0 Å². The minimum absolute atomic E-state index is 0.449. The van der Waals surface area contributed by atoms with Gasteiger partial charge in [0.05, 0.1) is 12.4 Å². The number of anilines is 1. The van der Waals surface area contributed by atoms with E-state index >= 15 is 0 Å². The molecule has 0 fully saturated rings. The van der Waals surface area contributed by atoms with Crippen molar-refractivity contribution in [2.75, 3.05) is 11.4 Å². The molecule has 3 rings (SSSR count). The Balaban J connectivity index is 1.93. The van der Waals surface area contributed by atoms with Gasteiger partial charge in [-0.05, 0) is 22.0 Å². The number of hydrogen-bond donors (Lipinski definition) is 0. The summed E-state index contributed by atoms with van der Waals surface area (Å²) < 4.78 is 3.01. The van der Waals surface area contributed by atoms with Gasteiger partial charge in [0, 0.05) is 29.3 Å². The maximum absolute atomic E-state index is 5.98. The van der Waals surface area contributed by atoms with Crippen molar-refractivity contribution < 1.29 is 0 Å². The zero-order valence-electron chi connectivity index (χ0n) is 9.55. The minimum Gasteiger partial charge on any atom is -0.347 e. The maximum Gasteiger partial charge on any atom is 0.152 e. The van der Waals surface area contributed by atoms with Crippen molar-refractivity contribution in [2.45, 2.75) is 19.0 Å². The Morgan fingerprint density at radius 1 is 1.39 bits per heavy atom. The molecule has 94 valence electrons. The lowest BCUT2D eigenvalue weighted by molar-refractivity contribution is 0.555. The van der Waals surface area contributed by atoms with Gasteiger partial charge < -0.3 is 9.47 Å². The highest BCUT2D eigenvalue weighted by Crippen LogP contribution is 2.25. The monoisotopic (exact) mass is 327 g/mol. The van der Waals surface area contributed by atoms with Gasteiger partial charge in [0.15, 0.2) is 5.82 Å². The highest BCUT2D eigenvalue weighted by molar-refractivity contribution is 9.10. The molecule has 0 atom stereocenters. The summed E-state index contributed by atoms with van der Waals surface area (Å²) >= 11 is 9.40. The normalized spacial score (nSPS) is 14.7. The fraction of sp³-hybridized carbons (Fsp3) is 0.364. The van der Waals surface area contributed by atoms with E-state index in [1.807, 2.05) is 6.07 Å². The predicted octanol–water partition coefficient (Wildman–Crippen LogP) is 2.19. The van der Waals surface area contributed by atoms with Gasteiger partial charge in [-0.25, -0.2) is 4.98 Å². The lowest BCUT2D eigenvalue weighted by Crippen LogP contribution is -2.34. The lowest BCUT2D eigenvalue weighted by Gasteiger charge is -2.29. The van der Waals surface area contributed by atoms with Crippen molar-refractivity contribution in [2.24, 2.45) is 0 Å². The van der Waals surface area contributed by atoms with Gasteiger partial charge in [-0.1, -0.05) is 0 Å². The molecule has 0 saturated heterocycles. The molecule has 0 radical (unpaired) electrons. The Morgan fingerprint density at radius 2 is 2.28 bits per heavy atom. The zero-order valence-corrected chi connectivity index (χ0v) is 11.9. The highest BCUT2D eigenvalue weighted by atomic mass is 79.9. The molecule has 0 saturated carbocycles. The van der Waals surface area contributed by atoms with Crippen molar-refractivity contribution >= 4 is 33.3 Å². The molecular weight excluding hydrogens is 318 g/mol. The molecule has 7 heteroatoms. The van der Waals surface area contributed by atoms with Crippen LogP contribution in [0.2, 0.25) is 0 Å². The SMILES string of the molecule is ClCc1cc(Br)cnc1N1CCn2cnnc2C1. The number of hydrogen-bond acceptors (Lipinski definition) is 4. The second-order valence-electron chi connectivity index (χ2n) is 4.13. The molecule has 1 aliphatic rings. The second-order valence-corrected chi connectivity index (χ2v) is 5.31. The minimum atomic E-state index is 0.449. The molecule has 0 spiro atoms. The van der Waals surface area contributed by atoms with E-state index in [9.17, 15) is 0 Å². The van der Waals surface area contributed by atoms with Crippen molar-refractivity contribution in [3.05, 3.63) is 34.5 Å². The van der Waals surface area contributed by atoms with Crippen LogP contribution in [0.25, 0.3) is 0 Å². The van der Waals surface area contributed by atoms with Crippen molar-refractivity contribution in [3.63, 3.8) is 0 Å². The molecule has 0 bridgehead atoms. The first-order chi connectivity index (χ1) is 8.78. The molecular formula is C11H11BrClN5. The van der Waals surface area contributed by atoms with Gasteiger partial charge in [-0.2, -0.15) is 0 Å². The van der Waals surface area contributed by atoms with E-state index in [-0.39, 0.29) is 0 Å². The number of rotatable bonds is 2. The van der Waals surface area contributed by atoms with Crippen LogP contribution in [0.15, 0.2) is 23.1 Å². The fourth-order valence-electron chi connectivity index (χ4n) is 2.10. The maximum atomic E-state index is 5.98. The van der Waals surface area contributed by atoms with Crippen LogP contribution in [-0.2, 0) is 19.0 Å². The average Bonchev–Trinajstić information content (AvgIpc) is 2.85. The van der Waals surface area contributed by atoms with Crippen LogP contribution in [0, 0.1) is 0 Å². The summed E-state index contributed by atoms with van der Waals surface area (Å²) in [6.07, 6.45) is 3.56. The summed E-state index contributed by atoms with van der Waals surface area (Å²) in [5.74, 6) is 2.35. The van der Waals surface area contributed by atoms with Crippen LogP contribution in [0.1, 0.15) is 11.4 Å². The summed E-state index contributed by atoms with van der Waals surface area (Å²) in [6.45, 7) is 2.49. The summed E-state index contributed by atoms with van der Waals surface area (Å²) in [5, 5.41) is 8.03. The van der Waals surface area contributed by atoms with Crippen molar-refractivity contribution in [1.29, 1.82) is 0 Å². The number of halogens is 2. The van der Waals surface area contributed by atoms with Gasteiger partial charge in [0.2, 0.25) is 0 Å². The van der Waals surface area contributed by atoms with Gasteiger partial charge in [0.1, 0.15) is 12.1 Å². The molecule has 3 heterocycles. The number of fused-ring (bicyclic) bond motifs is 1. The van der Waals surface area contributed by atoms with E-state index in [2.05, 4.69) is 40.6 Å². The smallest absolute Gasteiger partial charge is 0.152 e. The van der Waals surface area contributed by atoms with E-state index in [4.69, 9.17) is 11.6 Å². The Labute approximate surface area is 118 Å². The Hall–Kier alpha value is -1.14. The van der Waals surface area contributed by atoms with E-state index < -0.39 is 0 Å². The molecule has 2 aromatic heterocycles. The first-order valence-electron chi connectivity index (χ1n) is 5.60. The standard InChI is InChI=1S/C11H11BrClN5/c12-9-3-8(4-13)11(14-5-9)17-1-2-18-7-15-16-10(18)6-17/h3,5,7H,1-2,4,6H2. The molecule has 0 unspecified atom stereocenters. The van der Waals surface area contributed by atoms with Crippen LogP contribution in [0.5, 0.6) is 0 Å². The fourth-order valence-corrected chi connectivity index (χ4v) is 2.68. The molecule has 1 aliphatic heterocycles. The third-order valence-electron chi connectivity index (χ3n) is 2.99. The first-order valence-corrected chi connectivity index (χ1v) is 6.92. The largest absolute Gasteiger partial charge is 0.347 e. The van der Waals surface area contributed by atoms with Gasteiger partial charge in [0.25, 0.3) is 0 Å². The van der Waals surface area contributed by atoms with Gasteiger partial charge in [-0.3, -0.25) is 0 Å². The molecule has 5 nitrogen and oxygen atoms in total. The van der Waals surface area contributed by atoms with Crippen LogP contribution < -0.4 is 4.90 Å². The quantitative estimate of drug-likeness (QED) is 0.793. The number of nitrogens with zero attached hydrogens (tertiary/aromatic N) is 5. The van der Waals surface area contributed by atoms with E-state index in [0.29, 0.717) is 5.88 Å².